The lowest BCUT2D eigenvalue weighted by Gasteiger charge is -2.61. The van der Waals surface area contributed by atoms with E-state index in [-0.39, 0.29) is 6.10 Å². The Morgan fingerprint density at radius 1 is 0.917 bits per heavy atom. The average Bonchev–Trinajstić information content (AvgIpc) is 2.91. The van der Waals surface area contributed by atoms with Crippen LogP contribution in [0.25, 0.3) is 0 Å². The number of aliphatic hydroxyl groups excluding tert-OH is 1. The highest BCUT2D eigenvalue weighted by molar-refractivity contribution is 5.10. The SMILES string of the molecule is CNC1CC[C@@]2(C)C(CC[C@H]3[C@@H]4CC[C@H]([C@H](C)O)[C@@]4(C)CC[C@@H]32)C1. The molecule has 4 fully saturated rings. The van der Waals surface area contributed by atoms with E-state index in [0.717, 1.165) is 29.7 Å². The van der Waals surface area contributed by atoms with Crippen LogP contribution < -0.4 is 5.32 Å². The first-order valence-corrected chi connectivity index (χ1v) is 10.8. The molecular formula is C22H39NO. The summed E-state index contributed by atoms with van der Waals surface area (Å²) >= 11 is 0. The third-order valence-corrected chi connectivity index (χ3v) is 9.73. The van der Waals surface area contributed by atoms with Crippen molar-refractivity contribution in [1.29, 1.82) is 0 Å². The molecule has 0 aromatic carbocycles. The lowest BCUT2D eigenvalue weighted by Crippen LogP contribution is -2.55. The van der Waals surface area contributed by atoms with Crippen LogP contribution >= 0.6 is 0 Å². The van der Waals surface area contributed by atoms with Gasteiger partial charge in [0, 0.05) is 6.04 Å². The summed E-state index contributed by atoms with van der Waals surface area (Å²) in [6, 6.07) is 0.764. The van der Waals surface area contributed by atoms with Crippen molar-refractivity contribution in [3.05, 3.63) is 0 Å². The first kappa shape index (κ1) is 17.3. The van der Waals surface area contributed by atoms with Gasteiger partial charge in [0.1, 0.15) is 0 Å². The molecule has 0 aromatic rings. The average molecular weight is 334 g/mol. The minimum absolute atomic E-state index is 0.116. The van der Waals surface area contributed by atoms with Gasteiger partial charge < -0.3 is 10.4 Å². The molecule has 0 amide bonds. The van der Waals surface area contributed by atoms with Crippen molar-refractivity contribution < 1.29 is 5.11 Å². The van der Waals surface area contributed by atoms with Gasteiger partial charge in [-0.3, -0.25) is 0 Å². The van der Waals surface area contributed by atoms with Gasteiger partial charge in [0.25, 0.3) is 0 Å². The molecule has 4 aliphatic rings. The van der Waals surface area contributed by atoms with E-state index in [1.165, 1.54) is 57.8 Å². The van der Waals surface area contributed by atoms with Crippen LogP contribution in [0.1, 0.15) is 78.6 Å². The van der Waals surface area contributed by atoms with Crippen LogP contribution in [0.3, 0.4) is 0 Å². The lowest BCUT2D eigenvalue weighted by molar-refractivity contribution is -0.121. The van der Waals surface area contributed by atoms with Crippen molar-refractivity contribution in [2.75, 3.05) is 7.05 Å². The molecule has 0 aliphatic heterocycles. The second-order valence-corrected chi connectivity index (χ2v) is 10.4. The third-order valence-electron chi connectivity index (χ3n) is 9.73. The quantitative estimate of drug-likeness (QED) is 0.773. The van der Waals surface area contributed by atoms with E-state index in [1.54, 1.807) is 0 Å². The molecular weight excluding hydrogens is 294 g/mol. The van der Waals surface area contributed by atoms with Crippen molar-refractivity contribution in [2.45, 2.75) is 90.7 Å². The standard InChI is InChI=1S/C22H39NO/c1-14(24)18-7-8-19-17-6-5-15-13-16(23-4)9-11-21(15,2)20(17)10-12-22(18,19)3/h14-20,23-24H,5-13H2,1-4H3/t14-,15?,16?,17-,18+,19-,20-,21-,22+/m0/s1. The predicted octanol–water partition coefficient (Wildman–Crippen LogP) is 4.61. The maximum atomic E-state index is 10.3. The second kappa shape index (κ2) is 5.98. The monoisotopic (exact) mass is 333 g/mol. The van der Waals surface area contributed by atoms with Gasteiger partial charge in [0.05, 0.1) is 6.10 Å². The minimum Gasteiger partial charge on any atom is -0.393 e. The Morgan fingerprint density at radius 3 is 2.33 bits per heavy atom. The summed E-state index contributed by atoms with van der Waals surface area (Å²) in [5, 5.41) is 13.9. The van der Waals surface area contributed by atoms with Crippen molar-refractivity contribution in [2.24, 2.45) is 40.4 Å². The zero-order valence-corrected chi connectivity index (χ0v) is 16.4. The Bertz CT molecular complexity index is 477. The van der Waals surface area contributed by atoms with Crippen LogP contribution in [0.2, 0.25) is 0 Å². The molecule has 2 nitrogen and oxygen atoms in total. The Balaban J connectivity index is 1.58. The number of rotatable bonds is 2. The van der Waals surface area contributed by atoms with Crippen LogP contribution in [0.5, 0.6) is 0 Å². The van der Waals surface area contributed by atoms with Gasteiger partial charge in [-0.1, -0.05) is 13.8 Å². The van der Waals surface area contributed by atoms with E-state index < -0.39 is 0 Å². The highest BCUT2D eigenvalue weighted by atomic mass is 16.3. The third kappa shape index (κ3) is 2.35. The van der Waals surface area contributed by atoms with E-state index in [9.17, 15) is 5.11 Å². The molecule has 24 heavy (non-hydrogen) atoms. The summed E-state index contributed by atoms with van der Waals surface area (Å²) in [6.07, 6.45) is 12.5. The van der Waals surface area contributed by atoms with Crippen LogP contribution in [0.4, 0.5) is 0 Å². The molecule has 2 unspecified atom stereocenters. The van der Waals surface area contributed by atoms with Crippen molar-refractivity contribution >= 4 is 0 Å². The summed E-state index contributed by atoms with van der Waals surface area (Å²) in [5.41, 5.74) is 1.02. The summed E-state index contributed by atoms with van der Waals surface area (Å²) in [5.74, 6) is 4.28. The molecule has 138 valence electrons. The van der Waals surface area contributed by atoms with Gasteiger partial charge >= 0.3 is 0 Å². The van der Waals surface area contributed by atoms with E-state index >= 15 is 0 Å². The maximum Gasteiger partial charge on any atom is 0.0545 e. The number of aliphatic hydroxyl groups is 1. The smallest absolute Gasteiger partial charge is 0.0545 e. The Morgan fingerprint density at radius 2 is 1.62 bits per heavy atom. The molecule has 4 aliphatic carbocycles. The van der Waals surface area contributed by atoms with Gasteiger partial charge in [-0.25, -0.2) is 0 Å². The molecule has 9 atom stereocenters. The van der Waals surface area contributed by atoms with E-state index in [0.29, 0.717) is 16.7 Å². The Labute approximate surface area is 149 Å². The topological polar surface area (TPSA) is 32.3 Å². The van der Waals surface area contributed by atoms with Crippen molar-refractivity contribution in [1.82, 2.24) is 5.32 Å². The van der Waals surface area contributed by atoms with Gasteiger partial charge in [0.2, 0.25) is 0 Å². The van der Waals surface area contributed by atoms with Crippen molar-refractivity contribution in [3.63, 3.8) is 0 Å². The molecule has 0 spiro atoms. The fourth-order valence-corrected chi connectivity index (χ4v) is 8.35. The normalized spacial score (nSPS) is 55.4. The van der Waals surface area contributed by atoms with E-state index in [4.69, 9.17) is 0 Å². The maximum absolute atomic E-state index is 10.3. The first-order chi connectivity index (χ1) is 11.4. The second-order valence-electron chi connectivity index (χ2n) is 10.4. The molecule has 0 aromatic heterocycles. The van der Waals surface area contributed by atoms with Gasteiger partial charge in [-0.15, -0.1) is 0 Å². The fraction of sp³-hybridized carbons (Fsp3) is 1.00. The first-order valence-electron chi connectivity index (χ1n) is 10.8. The van der Waals surface area contributed by atoms with Crippen LogP contribution in [-0.2, 0) is 0 Å². The van der Waals surface area contributed by atoms with Gasteiger partial charge in [0.15, 0.2) is 0 Å². The zero-order chi connectivity index (χ0) is 17.1. The Hall–Kier alpha value is -0.0800. The lowest BCUT2D eigenvalue weighted by atomic mass is 9.44. The van der Waals surface area contributed by atoms with E-state index in [1.807, 2.05) is 6.92 Å². The van der Waals surface area contributed by atoms with Crippen LogP contribution in [0, 0.1) is 40.4 Å². The van der Waals surface area contributed by atoms with Gasteiger partial charge in [-0.05, 0) is 112 Å². The zero-order valence-electron chi connectivity index (χ0n) is 16.4. The number of fused-ring (bicyclic) bond motifs is 5. The van der Waals surface area contributed by atoms with E-state index in [2.05, 4.69) is 26.2 Å². The van der Waals surface area contributed by atoms with Gasteiger partial charge in [-0.2, -0.15) is 0 Å². The molecule has 4 saturated carbocycles. The minimum atomic E-state index is -0.116. The number of nitrogens with one attached hydrogen (secondary N) is 1. The summed E-state index contributed by atoms with van der Waals surface area (Å²) in [4.78, 5) is 0. The highest BCUT2D eigenvalue weighted by Gasteiger charge is 2.60. The van der Waals surface area contributed by atoms with Crippen molar-refractivity contribution in [3.8, 4) is 0 Å². The van der Waals surface area contributed by atoms with Crippen LogP contribution in [0.15, 0.2) is 0 Å². The molecule has 0 radical (unpaired) electrons. The molecule has 0 saturated heterocycles. The predicted molar refractivity (Wildman–Crippen MR) is 99.7 cm³/mol. The summed E-state index contributed by atoms with van der Waals surface area (Å²) in [7, 11) is 2.15. The summed E-state index contributed by atoms with van der Waals surface area (Å²) in [6.45, 7) is 7.23. The summed E-state index contributed by atoms with van der Waals surface area (Å²) < 4.78 is 0. The number of hydrogen-bond acceptors (Lipinski definition) is 2. The molecule has 2 heteroatoms. The largest absolute Gasteiger partial charge is 0.393 e. The molecule has 0 bridgehead atoms. The molecule has 4 rings (SSSR count). The molecule has 0 heterocycles. The highest BCUT2D eigenvalue weighted by Crippen LogP contribution is 2.67. The van der Waals surface area contributed by atoms with Crippen LogP contribution in [-0.4, -0.2) is 24.3 Å². The fourth-order valence-electron chi connectivity index (χ4n) is 8.35. The molecule has 2 N–H and O–H groups in total. The Kier molecular flexibility index (Phi) is 4.32. The number of hydrogen-bond donors (Lipinski definition) is 2.